The van der Waals surface area contributed by atoms with E-state index in [1.807, 2.05) is 36.4 Å². The number of nitrogens with zero attached hydrogens (tertiary/aromatic N) is 2. The number of nitriles is 1. The minimum atomic E-state index is -0.904. The largest absolute Gasteiger partial charge is 0.274 e. The molecule has 2 amide bonds. The van der Waals surface area contributed by atoms with Crippen LogP contribution in [0.2, 0.25) is 0 Å². The van der Waals surface area contributed by atoms with Crippen molar-refractivity contribution in [1.29, 1.82) is 5.26 Å². The lowest BCUT2D eigenvalue weighted by Crippen LogP contribution is -2.37. The van der Waals surface area contributed by atoms with E-state index in [9.17, 15) is 14.9 Å². The first kappa shape index (κ1) is 18.3. The Morgan fingerprint density at radius 2 is 1.23 bits per heavy atom. The number of benzene rings is 3. The van der Waals surface area contributed by atoms with E-state index in [0.717, 1.165) is 35.1 Å². The molecule has 1 heterocycles. The van der Waals surface area contributed by atoms with Crippen LogP contribution < -0.4 is 0 Å². The third kappa shape index (κ3) is 2.59. The average molecular weight is 392 g/mol. The Bertz CT molecular complexity index is 1140. The number of rotatable bonds is 3. The van der Waals surface area contributed by atoms with Gasteiger partial charge in [0.2, 0.25) is 0 Å². The summed E-state index contributed by atoms with van der Waals surface area (Å²) >= 11 is 0. The van der Waals surface area contributed by atoms with Gasteiger partial charge in [-0.3, -0.25) is 14.5 Å². The van der Waals surface area contributed by atoms with Crippen molar-refractivity contribution in [2.45, 2.75) is 24.7 Å². The van der Waals surface area contributed by atoms with Crippen LogP contribution in [-0.4, -0.2) is 23.3 Å². The van der Waals surface area contributed by atoms with Crippen LogP contribution in [-0.2, 0) is 18.3 Å². The van der Waals surface area contributed by atoms with Gasteiger partial charge in [-0.05, 0) is 53.6 Å². The maximum absolute atomic E-state index is 12.9. The number of aryl methyl sites for hydroxylation is 2. The zero-order valence-corrected chi connectivity index (χ0v) is 16.5. The highest BCUT2D eigenvalue weighted by molar-refractivity contribution is 6.21. The van der Waals surface area contributed by atoms with Crippen LogP contribution in [0, 0.1) is 11.3 Å². The minimum absolute atomic E-state index is 0.197. The number of imide groups is 1. The van der Waals surface area contributed by atoms with Gasteiger partial charge in [0, 0.05) is 6.54 Å². The standard InChI is InChI=1S/C26H20N2O2/c27-17-26(15-16-28-24(29)20-9-3-4-10-21(20)25(28)30)22-11-5-1-7-18(22)13-14-19-8-2-6-12-23(19)26/h1-12H,13-16H2. The summed E-state index contributed by atoms with van der Waals surface area (Å²) in [6.45, 7) is 0.197. The van der Waals surface area contributed by atoms with Crippen LogP contribution >= 0.6 is 0 Å². The first-order chi connectivity index (χ1) is 14.7. The highest BCUT2D eigenvalue weighted by Crippen LogP contribution is 2.42. The van der Waals surface area contributed by atoms with E-state index < -0.39 is 5.41 Å². The van der Waals surface area contributed by atoms with Crippen LogP contribution in [0.3, 0.4) is 0 Å². The van der Waals surface area contributed by atoms with Crippen LogP contribution in [0.25, 0.3) is 0 Å². The van der Waals surface area contributed by atoms with E-state index in [1.165, 1.54) is 4.90 Å². The van der Waals surface area contributed by atoms with Gasteiger partial charge in [0.15, 0.2) is 0 Å². The van der Waals surface area contributed by atoms with Crippen molar-refractivity contribution in [2.75, 3.05) is 6.54 Å². The number of hydrogen-bond acceptors (Lipinski definition) is 3. The number of hydrogen-bond donors (Lipinski definition) is 0. The van der Waals surface area contributed by atoms with Gasteiger partial charge in [-0.2, -0.15) is 5.26 Å². The van der Waals surface area contributed by atoms with Gasteiger partial charge < -0.3 is 0 Å². The van der Waals surface area contributed by atoms with Crippen molar-refractivity contribution >= 4 is 11.8 Å². The Balaban J connectivity index is 1.58. The van der Waals surface area contributed by atoms with E-state index in [2.05, 4.69) is 18.2 Å². The van der Waals surface area contributed by atoms with Crippen molar-refractivity contribution in [2.24, 2.45) is 0 Å². The Labute approximate surface area is 175 Å². The van der Waals surface area contributed by atoms with Crippen molar-refractivity contribution < 1.29 is 9.59 Å². The third-order valence-electron chi connectivity index (χ3n) is 6.40. The molecule has 30 heavy (non-hydrogen) atoms. The Kier molecular flexibility index (Phi) is 4.25. The fourth-order valence-corrected chi connectivity index (χ4v) is 4.89. The molecule has 0 atom stereocenters. The Morgan fingerprint density at radius 1 is 0.767 bits per heavy atom. The summed E-state index contributed by atoms with van der Waals surface area (Å²) in [5, 5.41) is 10.5. The summed E-state index contributed by atoms with van der Waals surface area (Å²) in [4.78, 5) is 27.0. The lowest BCUT2D eigenvalue weighted by atomic mass is 9.71. The highest BCUT2D eigenvalue weighted by atomic mass is 16.2. The number of fused-ring (bicyclic) bond motifs is 3. The molecule has 0 spiro atoms. The summed E-state index contributed by atoms with van der Waals surface area (Å²) in [7, 11) is 0. The van der Waals surface area contributed by atoms with Crippen LogP contribution in [0.15, 0.2) is 72.8 Å². The van der Waals surface area contributed by atoms with Crippen LogP contribution in [0.5, 0.6) is 0 Å². The normalized spacial score (nSPS) is 16.3. The summed E-state index contributed by atoms with van der Waals surface area (Å²) in [6, 6.07) is 25.6. The smallest absolute Gasteiger partial charge is 0.261 e. The molecule has 0 unspecified atom stereocenters. The van der Waals surface area contributed by atoms with Gasteiger partial charge in [-0.25, -0.2) is 0 Å². The molecule has 0 fully saturated rings. The molecular formula is C26H20N2O2. The van der Waals surface area contributed by atoms with Crippen molar-refractivity contribution in [1.82, 2.24) is 4.90 Å². The van der Waals surface area contributed by atoms with E-state index in [4.69, 9.17) is 0 Å². The lowest BCUT2D eigenvalue weighted by molar-refractivity contribution is 0.0648. The molecular weight excluding hydrogens is 372 g/mol. The van der Waals surface area contributed by atoms with Crippen molar-refractivity contribution in [3.63, 3.8) is 0 Å². The molecule has 0 aromatic heterocycles. The van der Waals surface area contributed by atoms with E-state index >= 15 is 0 Å². The lowest BCUT2D eigenvalue weighted by Gasteiger charge is -2.31. The van der Waals surface area contributed by atoms with Gasteiger partial charge >= 0.3 is 0 Å². The first-order valence-electron chi connectivity index (χ1n) is 10.2. The molecule has 2 aliphatic rings. The molecule has 3 aromatic carbocycles. The summed E-state index contributed by atoms with van der Waals surface area (Å²) in [5.41, 5.74) is 4.24. The van der Waals surface area contributed by atoms with E-state index in [1.54, 1.807) is 24.3 Å². The second-order valence-corrected chi connectivity index (χ2v) is 7.89. The Hall–Kier alpha value is -3.71. The SMILES string of the molecule is N#CC1(CCN2C(=O)c3ccccc3C2=O)c2ccccc2CCc2ccccc21. The molecule has 5 rings (SSSR count). The second kappa shape index (κ2) is 6.96. The molecule has 4 heteroatoms. The molecule has 0 N–H and O–H groups in total. The minimum Gasteiger partial charge on any atom is -0.274 e. The van der Waals surface area contributed by atoms with E-state index in [0.29, 0.717) is 17.5 Å². The monoisotopic (exact) mass is 392 g/mol. The molecule has 0 radical (unpaired) electrons. The highest BCUT2D eigenvalue weighted by Gasteiger charge is 2.42. The van der Waals surface area contributed by atoms with Crippen molar-refractivity contribution in [3.05, 3.63) is 106 Å². The van der Waals surface area contributed by atoms with Crippen LogP contribution in [0.1, 0.15) is 49.4 Å². The molecule has 3 aromatic rings. The molecule has 0 saturated heterocycles. The topological polar surface area (TPSA) is 61.2 Å². The summed E-state index contributed by atoms with van der Waals surface area (Å²) in [5.74, 6) is -0.558. The molecule has 146 valence electrons. The molecule has 1 aliphatic heterocycles. The van der Waals surface area contributed by atoms with Gasteiger partial charge in [0.25, 0.3) is 11.8 Å². The van der Waals surface area contributed by atoms with Gasteiger partial charge in [-0.1, -0.05) is 60.7 Å². The molecule has 0 saturated carbocycles. The molecule has 4 nitrogen and oxygen atoms in total. The zero-order valence-electron chi connectivity index (χ0n) is 16.5. The zero-order chi connectivity index (χ0) is 20.7. The number of amides is 2. The van der Waals surface area contributed by atoms with E-state index in [-0.39, 0.29) is 18.4 Å². The summed E-state index contributed by atoms with van der Waals surface area (Å²) in [6.07, 6.45) is 2.09. The number of carbonyl (C=O) groups excluding carboxylic acids is 2. The Morgan fingerprint density at radius 3 is 1.73 bits per heavy atom. The van der Waals surface area contributed by atoms with Gasteiger partial charge in [0.1, 0.15) is 5.41 Å². The first-order valence-corrected chi connectivity index (χ1v) is 10.2. The maximum atomic E-state index is 12.9. The quantitative estimate of drug-likeness (QED) is 0.625. The predicted molar refractivity (Wildman–Crippen MR) is 113 cm³/mol. The van der Waals surface area contributed by atoms with Crippen molar-refractivity contribution in [3.8, 4) is 6.07 Å². The predicted octanol–water partition coefficient (Wildman–Crippen LogP) is 4.28. The molecule has 0 bridgehead atoms. The summed E-state index contributed by atoms with van der Waals surface area (Å²) < 4.78 is 0. The number of carbonyl (C=O) groups is 2. The second-order valence-electron chi connectivity index (χ2n) is 7.89. The third-order valence-corrected chi connectivity index (χ3v) is 6.40. The van der Waals surface area contributed by atoms with Gasteiger partial charge in [-0.15, -0.1) is 0 Å². The molecule has 1 aliphatic carbocycles. The average Bonchev–Trinajstić information content (AvgIpc) is 2.95. The van der Waals surface area contributed by atoms with Gasteiger partial charge in [0.05, 0.1) is 17.2 Å². The fraction of sp³-hybridized carbons (Fsp3) is 0.192. The fourth-order valence-electron chi connectivity index (χ4n) is 4.89. The van der Waals surface area contributed by atoms with Crippen LogP contribution in [0.4, 0.5) is 0 Å². The maximum Gasteiger partial charge on any atom is 0.261 e.